The van der Waals surface area contributed by atoms with Gasteiger partial charge in [0.25, 0.3) is 5.91 Å². The zero-order valence-electron chi connectivity index (χ0n) is 19.2. The Morgan fingerprint density at radius 1 is 0.912 bits per heavy atom. The normalized spacial score (nSPS) is 11.6. The molecule has 0 saturated carbocycles. The zero-order valence-corrected chi connectivity index (χ0v) is 19.2. The highest BCUT2D eigenvalue weighted by Gasteiger charge is 2.22. The highest BCUT2D eigenvalue weighted by molar-refractivity contribution is 6.06. The molecule has 1 heterocycles. The Labute approximate surface area is 197 Å². The Morgan fingerprint density at radius 2 is 1.65 bits per heavy atom. The van der Waals surface area contributed by atoms with Crippen LogP contribution in [0.25, 0.3) is 22.2 Å². The van der Waals surface area contributed by atoms with Gasteiger partial charge < -0.3 is 10.1 Å². The van der Waals surface area contributed by atoms with Crippen molar-refractivity contribution in [1.82, 2.24) is 4.98 Å². The maximum atomic E-state index is 13.1. The van der Waals surface area contributed by atoms with E-state index < -0.39 is 18.0 Å². The molecule has 1 aromatic heterocycles. The number of carbonyl (C=O) groups is 3. The number of nitrogens with one attached hydrogen (secondary N) is 1. The Kier molecular flexibility index (Phi) is 6.50. The smallest absolute Gasteiger partial charge is 0.339 e. The molecule has 3 aromatic carbocycles. The van der Waals surface area contributed by atoms with Gasteiger partial charge in [-0.1, -0.05) is 60.2 Å². The largest absolute Gasteiger partial charge is 0.449 e. The minimum absolute atomic E-state index is 0.107. The highest BCUT2D eigenvalue weighted by Crippen LogP contribution is 2.26. The van der Waals surface area contributed by atoms with E-state index in [0.717, 1.165) is 11.1 Å². The van der Waals surface area contributed by atoms with Gasteiger partial charge in [-0.3, -0.25) is 9.59 Å². The summed E-state index contributed by atoms with van der Waals surface area (Å²) >= 11 is 0. The van der Waals surface area contributed by atoms with E-state index in [1.807, 2.05) is 49.4 Å². The number of aromatic nitrogens is 1. The third kappa shape index (κ3) is 5.02. The summed E-state index contributed by atoms with van der Waals surface area (Å²) in [5, 5.41) is 3.34. The van der Waals surface area contributed by atoms with Crippen LogP contribution in [0.2, 0.25) is 0 Å². The molecule has 1 amide bonds. The summed E-state index contributed by atoms with van der Waals surface area (Å²) in [5.74, 6) is -1.22. The second-order valence-electron chi connectivity index (χ2n) is 8.11. The molecule has 0 saturated heterocycles. The van der Waals surface area contributed by atoms with E-state index in [-0.39, 0.29) is 5.78 Å². The number of hydrogen-bond donors (Lipinski definition) is 1. The SMILES string of the molecule is CC(=O)c1cccc(NC(=O)C(C)OC(=O)c2cc(-c3ccc(C)cc3)nc3ccccc23)c1. The van der Waals surface area contributed by atoms with Crippen LogP contribution in [0, 0.1) is 6.92 Å². The number of ketones is 1. The van der Waals surface area contributed by atoms with E-state index in [0.29, 0.717) is 33.4 Å². The van der Waals surface area contributed by atoms with Crippen LogP contribution in [-0.2, 0) is 9.53 Å². The first-order valence-electron chi connectivity index (χ1n) is 10.9. The molecule has 0 bridgehead atoms. The summed E-state index contributed by atoms with van der Waals surface area (Å²) in [6.07, 6.45) is -1.05. The van der Waals surface area contributed by atoms with E-state index in [4.69, 9.17) is 9.72 Å². The first-order chi connectivity index (χ1) is 16.3. The van der Waals surface area contributed by atoms with E-state index in [1.54, 1.807) is 36.4 Å². The first-order valence-corrected chi connectivity index (χ1v) is 10.9. The molecule has 0 aliphatic rings. The number of hydrogen-bond acceptors (Lipinski definition) is 5. The van der Waals surface area contributed by atoms with Crippen molar-refractivity contribution in [2.45, 2.75) is 26.9 Å². The van der Waals surface area contributed by atoms with Crippen molar-refractivity contribution in [2.75, 3.05) is 5.32 Å². The number of ether oxygens (including phenoxy) is 1. The number of rotatable bonds is 6. The van der Waals surface area contributed by atoms with E-state index in [2.05, 4.69) is 5.32 Å². The van der Waals surface area contributed by atoms with Gasteiger partial charge in [0.1, 0.15) is 0 Å². The van der Waals surface area contributed by atoms with Crippen molar-refractivity contribution in [2.24, 2.45) is 0 Å². The van der Waals surface area contributed by atoms with Gasteiger partial charge in [0.05, 0.1) is 16.8 Å². The molecule has 0 aliphatic carbocycles. The molecule has 6 nitrogen and oxygen atoms in total. The fourth-order valence-corrected chi connectivity index (χ4v) is 3.55. The molecule has 1 atom stereocenters. The van der Waals surface area contributed by atoms with Crippen LogP contribution >= 0.6 is 0 Å². The maximum absolute atomic E-state index is 13.1. The molecule has 0 spiro atoms. The number of benzene rings is 3. The van der Waals surface area contributed by atoms with Crippen LogP contribution in [0.4, 0.5) is 5.69 Å². The van der Waals surface area contributed by atoms with Crippen LogP contribution in [0.3, 0.4) is 0 Å². The predicted molar refractivity (Wildman–Crippen MR) is 132 cm³/mol. The van der Waals surface area contributed by atoms with Crippen molar-refractivity contribution in [1.29, 1.82) is 0 Å². The number of carbonyl (C=O) groups excluding carboxylic acids is 3. The zero-order chi connectivity index (χ0) is 24.2. The number of amides is 1. The van der Waals surface area contributed by atoms with E-state index in [9.17, 15) is 14.4 Å². The molecular weight excluding hydrogens is 428 g/mol. The number of fused-ring (bicyclic) bond motifs is 1. The maximum Gasteiger partial charge on any atom is 0.339 e. The minimum atomic E-state index is -1.05. The van der Waals surface area contributed by atoms with Crippen LogP contribution < -0.4 is 5.32 Å². The molecular formula is C28H24N2O4. The lowest BCUT2D eigenvalue weighted by molar-refractivity contribution is -0.123. The average molecular weight is 453 g/mol. The predicted octanol–water partition coefficient (Wildman–Crippen LogP) is 5.60. The fourth-order valence-electron chi connectivity index (χ4n) is 3.55. The third-order valence-corrected chi connectivity index (χ3v) is 5.47. The van der Waals surface area contributed by atoms with Crippen LogP contribution in [0.5, 0.6) is 0 Å². The van der Waals surface area contributed by atoms with Crippen molar-refractivity contribution in [3.8, 4) is 11.3 Å². The number of Topliss-reactive ketones (excluding diaryl/α,β-unsaturated/α-hetero) is 1. The molecule has 0 radical (unpaired) electrons. The monoisotopic (exact) mass is 452 g/mol. The molecule has 4 aromatic rings. The molecule has 34 heavy (non-hydrogen) atoms. The number of para-hydroxylation sites is 1. The molecule has 6 heteroatoms. The Hall–Kier alpha value is -4.32. The fraction of sp³-hybridized carbons (Fsp3) is 0.143. The van der Waals surface area contributed by atoms with Crippen LogP contribution in [0.1, 0.15) is 40.1 Å². The molecule has 0 aliphatic heterocycles. The topological polar surface area (TPSA) is 85.4 Å². The van der Waals surface area contributed by atoms with Crippen LogP contribution in [-0.4, -0.2) is 28.7 Å². The van der Waals surface area contributed by atoms with Crippen LogP contribution in [0.15, 0.2) is 78.9 Å². The van der Waals surface area contributed by atoms with Crippen molar-refractivity contribution in [3.63, 3.8) is 0 Å². The quantitative estimate of drug-likeness (QED) is 0.304. The lowest BCUT2D eigenvalue weighted by atomic mass is 10.0. The second kappa shape index (κ2) is 9.67. The highest BCUT2D eigenvalue weighted by atomic mass is 16.5. The molecule has 170 valence electrons. The number of pyridine rings is 1. The van der Waals surface area contributed by atoms with Gasteiger partial charge in [-0.2, -0.15) is 0 Å². The van der Waals surface area contributed by atoms with Gasteiger partial charge in [0, 0.05) is 22.2 Å². The van der Waals surface area contributed by atoms with Gasteiger partial charge in [-0.15, -0.1) is 0 Å². The van der Waals surface area contributed by atoms with Crippen molar-refractivity contribution in [3.05, 3.63) is 95.6 Å². The summed E-state index contributed by atoms with van der Waals surface area (Å²) < 4.78 is 5.52. The number of aryl methyl sites for hydroxylation is 1. The Bertz CT molecular complexity index is 1390. The average Bonchev–Trinajstić information content (AvgIpc) is 2.83. The molecule has 1 unspecified atom stereocenters. The standard InChI is InChI=1S/C28H24N2O4/c1-17-11-13-20(14-12-17)26-16-24(23-9-4-5-10-25(23)30-26)28(33)34-19(3)27(32)29-22-8-6-7-21(15-22)18(2)31/h4-16,19H,1-3H3,(H,29,32). The van der Waals surface area contributed by atoms with Crippen molar-refractivity contribution < 1.29 is 19.1 Å². The Balaban J connectivity index is 1.58. The van der Waals surface area contributed by atoms with E-state index >= 15 is 0 Å². The number of anilines is 1. The van der Waals surface area contributed by atoms with Gasteiger partial charge in [-0.25, -0.2) is 9.78 Å². The second-order valence-corrected chi connectivity index (χ2v) is 8.11. The summed E-state index contributed by atoms with van der Waals surface area (Å²) in [6.45, 7) is 4.96. The molecule has 0 fully saturated rings. The van der Waals surface area contributed by atoms with Crippen molar-refractivity contribution >= 4 is 34.3 Å². The summed E-state index contributed by atoms with van der Waals surface area (Å²) in [6, 6.07) is 23.5. The molecule has 4 rings (SSSR count). The summed E-state index contributed by atoms with van der Waals surface area (Å²) in [5.41, 5.74) is 4.57. The minimum Gasteiger partial charge on any atom is -0.449 e. The number of esters is 1. The summed E-state index contributed by atoms with van der Waals surface area (Å²) in [7, 11) is 0. The van der Waals surface area contributed by atoms with Gasteiger partial charge in [-0.05, 0) is 45.0 Å². The van der Waals surface area contributed by atoms with Gasteiger partial charge in [0.15, 0.2) is 11.9 Å². The van der Waals surface area contributed by atoms with E-state index in [1.165, 1.54) is 13.8 Å². The van der Waals surface area contributed by atoms with Gasteiger partial charge in [0.2, 0.25) is 0 Å². The van der Waals surface area contributed by atoms with Gasteiger partial charge >= 0.3 is 5.97 Å². The lowest BCUT2D eigenvalue weighted by Gasteiger charge is -2.15. The lowest BCUT2D eigenvalue weighted by Crippen LogP contribution is -2.30. The third-order valence-electron chi connectivity index (χ3n) is 5.47. The molecule has 1 N–H and O–H groups in total. The summed E-state index contributed by atoms with van der Waals surface area (Å²) in [4.78, 5) is 42.1. The Morgan fingerprint density at radius 3 is 2.38 bits per heavy atom. The number of nitrogens with zero attached hydrogens (tertiary/aromatic N) is 1. The first kappa shape index (κ1) is 22.9.